The Bertz CT molecular complexity index is 181. The summed E-state index contributed by atoms with van der Waals surface area (Å²) >= 11 is 0. The number of carbonyl (C=O) groups is 1. The van der Waals surface area contributed by atoms with E-state index in [0.717, 1.165) is 19.4 Å². The predicted octanol–water partition coefficient (Wildman–Crippen LogP) is 2.14. The van der Waals surface area contributed by atoms with E-state index in [1.807, 2.05) is 6.92 Å². The maximum Gasteiger partial charge on any atom is 0.308 e. The zero-order chi connectivity index (χ0) is 10.4. The van der Waals surface area contributed by atoms with Crippen LogP contribution >= 0.6 is 12.4 Å². The quantitative estimate of drug-likeness (QED) is 0.759. The smallest absolute Gasteiger partial charge is 0.308 e. The van der Waals surface area contributed by atoms with Crippen molar-refractivity contribution in [1.29, 1.82) is 0 Å². The molecule has 0 amide bonds. The predicted molar refractivity (Wildman–Crippen MR) is 63.3 cm³/mol. The minimum absolute atomic E-state index is 0. The maximum atomic E-state index is 11.1. The van der Waals surface area contributed by atoms with Crippen LogP contribution in [0, 0.1) is 5.92 Å². The second-order valence-electron chi connectivity index (χ2n) is 4.15. The van der Waals surface area contributed by atoms with Crippen molar-refractivity contribution in [2.45, 2.75) is 45.1 Å². The molecular weight excluding hydrogens is 214 g/mol. The highest BCUT2D eigenvalue weighted by atomic mass is 35.5. The van der Waals surface area contributed by atoms with E-state index in [1.165, 1.54) is 26.4 Å². The third kappa shape index (κ3) is 5.38. The second-order valence-corrected chi connectivity index (χ2v) is 4.15. The minimum atomic E-state index is -0.0826. The highest BCUT2D eigenvalue weighted by Gasteiger charge is 2.17. The monoisotopic (exact) mass is 235 g/mol. The van der Waals surface area contributed by atoms with Crippen LogP contribution in [0.4, 0.5) is 0 Å². The molecule has 4 heteroatoms. The Morgan fingerprint density at radius 3 is 2.80 bits per heavy atom. The summed E-state index contributed by atoms with van der Waals surface area (Å²) in [6.07, 6.45) is 5.90. The van der Waals surface area contributed by atoms with Crippen molar-refractivity contribution in [3.05, 3.63) is 0 Å². The second kappa shape index (κ2) is 7.94. The van der Waals surface area contributed by atoms with Crippen LogP contribution in [-0.2, 0) is 9.53 Å². The zero-order valence-corrected chi connectivity index (χ0v) is 10.4. The molecule has 1 aliphatic rings. The van der Waals surface area contributed by atoms with Gasteiger partial charge in [-0.2, -0.15) is 0 Å². The number of carbonyl (C=O) groups excluding carboxylic acids is 1. The summed E-state index contributed by atoms with van der Waals surface area (Å²) in [7, 11) is 1.46. The Balaban J connectivity index is 0.00000196. The van der Waals surface area contributed by atoms with Gasteiger partial charge in [-0.1, -0.05) is 13.3 Å². The molecule has 0 aromatic rings. The van der Waals surface area contributed by atoms with Crippen molar-refractivity contribution in [2.24, 2.45) is 5.92 Å². The van der Waals surface area contributed by atoms with E-state index in [4.69, 9.17) is 4.74 Å². The molecule has 0 aromatic carbocycles. The van der Waals surface area contributed by atoms with Gasteiger partial charge in [-0.3, -0.25) is 4.79 Å². The number of rotatable bonds is 4. The normalized spacial score (nSPS) is 22.7. The van der Waals surface area contributed by atoms with Crippen LogP contribution in [0.5, 0.6) is 0 Å². The van der Waals surface area contributed by atoms with Crippen LogP contribution < -0.4 is 5.32 Å². The SMILES string of the molecule is COC(=O)C(C)CCC1CCCCN1.Cl. The summed E-state index contributed by atoms with van der Waals surface area (Å²) < 4.78 is 4.69. The summed E-state index contributed by atoms with van der Waals surface area (Å²) in [4.78, 5) is 11.1. The van der Waals surface area contributed by atoms with Crippen LogP contribution in [0.2, 0.25) is 0 Å². The summed E-state index contributed by atoms with van der Waals surface area (Å²) in [5.41, 5.74) is 0. The van der Waals surface area contributed by atoms with E-state index in [0.29, 0.717) is 6.04 Å². The Morgan fingerprint density at radius 1 is 1.53 bits per heavy atom. The first-order valence-electron chi connectivity index (χ1n) is 5.55. The van der Waals surface area contributed by atoms with Gasteiger partial charge in [0.05, 0.1) is 13.0 Å². The number of halogens is 1. The Labute approximate surface area is 98.4 Å². The zero-order valence-electron chi connectivity index (χ0n) is 9.62. The molecule has 1 rings (SSSR count). The first kappa shape index (κ1) is 14.7. The number of hydrogen-bond donors (Lipinski definition) is 1. The molecule has 1 saturated heterocycles. The minimum Gasteiger partial charge on any atom is -0.469 e. The van der Waals surface area contributed by atoms with Crippen LogP contribution in [0.15, 0.2) is 0 Å². The molecule has 2 atom stereocenters. The summed E-state index contributed by atoms with van der Waals surface area (Å²) in [5.74, 6) is -0.0375. The highest BCUT2D eigenvalue weighted by molar-refractivity contribution is 5.85. The molecule has 3 nitrogen and oxygen atoms in total. The topological polar surface area (TPSA) is 38.3 Å². The average molecular weight is 236 g/mol. The molecule has 1 N–H and O–H groups in total. The third-order valence-corrected chi connectivity index (χ3v) is 2.96. The Hall–Kier alpha value is -0.280. The summed E-state index contributed by atoms with van der Waals surface area (Å²) in [6.45, 7) is 3.08. The van der Waals surface area contributed by atoms with Gasteiger partial charge in [-0.25, -0.2) is 0 Å². The largest absolute Gasteiger partial charge is 0.469 e. The molecule has 0 radical (unpaired) electrons. The van der Waals surface area contributed by atoms with Gasteiger partial charge in [0.25, 0.3) is 0 Å². The number of hydrogen-bond acceptors (Lipinski definition) is 3. The molecule has 0 saturated carbocycles. The van der Waals surface area contributed by atoms with Gasteiger partial charge in [-0.15, -0.1) is 12.4 Å². The lowest BCUT2D eigenvalue weighted by Gasteiger charge is -2.24. The van der Waals surface area contributed by atoms with Crippen LogP contribution in [-0.4, -0.2) is 25.7 Å². The molecule has 0 aromatic heterocycles. The van der Waals surface area contributed by atoms with E-state index >= 15 is 0 Å². The van der Waals surface area contributed by atoms with Crippen molar-refractivity contribution in [2.75, 3.05) is 13.7 Å². The van der Waals surface area contributed by atoms with Gasteiger partial charge in [0.15, 0.2) is 0 Å². The van der Waals surface area contributed by atoms with E-state index in [-0.39, 0.29) is 24.3 Å². The molecule has 1 fully saturated rings. The van der Waals surface area contributed by atoms with Crippen molar-refractivity contribution in [3.8, 4) is 0 Å². The third-order valence-electron chi connectivity index (χ3n) is 2.96. The molecule has 1 heterocycles. The number of ether oxygens (including phenoxy) is 1. The lowest BCUT2D eigenvalue weighted by atomic mass is 9.96. The van der Waals surface area contributed by atoms with Gasteiger partial charge >= 0.3 is 5.97 Å². The molecule has 0 aliphatic carbocycles. The fraction of sp³-hybridized carbons (Fsp3) is 0.909. The van der Waals surface area contributed by atoms with E-state index in [9.17, 15) is 4.79 Å². The van der Waals surface area contributed by atoms with E-state index < -0.39 is 0 Å². The van der Waals surface area contributed by atoms with Crippen molar-refractivity contribution in [3.63, 3.8) is 0 Å². The van der Waals surface area contributed by atoms with Gasteiger partial charge in [0.2, 0.25) is 0 Å². The molecule has 15 heavy (non-hydrogen) atoms. The number of methoxy groups -OCH3 is 1. The lowest BCUT2D eigenvalue weighted by Crippen LogP contribution is -2.34. The fourth-order valence-corrected chi connectivity index (χ4v) is 1.94. The van der Waals surface area contributed by atoms with Gasteiger partial charge < -0.3 is 10.1 Å². The first-order valence-corrected chi connectivity index (χ1v) is 5.55. The summed E-state index contributed by atoms with van der Waals surface area (Å²) in [5, 5.41) is 3.48. The number of esters is 1. The molecule has 2 unspecified atom stereocenters. The Morgan fingerprint density at radius 2 is 2.27 bits per heavy atom. The fourth-order valence-electron chi connectivity index (χ4n) is 1.94. The van der Waals surface area contributed by atoms with Crippen molar-refractivity contribution < 1.29 is 9.53 Å². The van der Waals surface area contributed by atoms with Gasteiger partial charge in [0.1, 0.15) is 0 Å². The van der Waals surface area contributed by atoms with Gasteiger partial charge in [0, 0.05) is 6.04 Å². The molecule has 90 valence electrons. The number of piperidine rings is 1. The van der Waals surface area contributed by atoms with E-state index in [1.54, 1.807) is 0 Å². The standard InChI is InChI=1S/C11H21NO2.ClH/c1-9(11(13)14-2)6-7-10-5-3-4-8-12-10;/h9-10,12H,3-8H2,1-2H3;1H. The molecule has 0 spiro atoms. The Kier molecular flexibility index (Phi) is 7.79. The van der Waals surface area contributed by atoms with Crippen molar-refractivity contribution in [1.82, 2.24) is 5.32 Å². The van der Waals surface area contributed by atoms with Crippen LogP contribution in [0.3, 0.4) is 0 Å². The van der Waals surface area contributed by atoms with Crippen LogP contribution in [0.25, 0.3) is 0 Å². The highest BCUT2D eigenvalue weighted by Crippen LogP contribution is 2.15. The van der Waals surface area contributed by atoms with Crippen LogP contribution in [0.1, 0.15) is 39.0 Å². The van der Waals surface area contributed by atoms with Crippen molar-refractivity contribution >= 4 is 18.4 Å². The van der Waals surface area contributed by atoms with E-state index in [2.05, 4.69) is 5.32 Å². The number of nitrogens with one attached hydrogen (secondary N) is 1. The summed E-state index contributed by atoms with van der Waals surface area (Å²) in [6, 6.07) is 0.621. The molecule has 0 bridgehead atoms. The average Bonchev–Trinajstić information content (AvgIpc) is 2.26. The van der Waals surface area contributed by atoms with Gasteiger partial charge in [-0.05, 0) is 32.2 Å². The molecular formula is C11H22ClNO2. The molecule has 1 aliphatic heterocycles. The lowest BCUT2D eigenvalue weighted by molar-refractivity contribution is -0.145. The maximum absolute atomic E-state index is 11.1. The first-order chi connectivity index (χ1) is 6.74.